The van der Waals surface area contributed by atoms with Crippen molar-refractivity contribution < 1.29 is 0 Å². The number of fused-ring (bicyclic) bond motifs is 1. The summed E-state index contributed by atoms with van der Waals surface area (Å²) in [5.41, 5.74) is 0. The van der Waals surface area contributed by atoms with Crippen molar-refractivity contribution in [2.24, 2.45) is 17.8 Å². The molecular weight excluding hydrogens is 158 g/mol. The highest BCUT2D eigenvalue weighted by atomic mass is 15.1. The number of hydrogen-bond acceptors (Lipinski definition) is 1. The predicted octanol–water partition coefficient (Wildman–Crippen LogP) is 3.01. The lowest BCUT2D eigenvalue weighted by Gasteiger charge is -2.38. The molecule has 1 nitrogen and oxygen atoms in total. The van der Waals surface area contributed by atoms with Gasteiger partial charge < -0.3 is 4.90 Å². The zero-order valence-corrected chi connectivity index (χ0v) is 8.59. The number of likely N-dealkylation sites (tertiary alicyclic amines) is 1. The van der Waals surface area contributed by atoms with Crippen LogP contribution in [-0.4, -0.2) is 24.5 Å². The zero-order valence-electron chi connectivity index (χ0n) is 8.59. The van der Waals surface area contributed by atoms with Crippen molar-refractivity contribution >= 4 is 0 Å². The smallest absolute Gasteiger partial charge is 0.0149 e. The van der Waals surface area contributed by atoms with E-state index in [1.807, 2.05) is 0 Å². The van der Waals surface area contributed by atoms with Crippen LogP contribution in [0.15, 0.2) is 0 Å². The summed E-state index contributed by atoms with van der Waals surface area (Å²) in [6.07, 6.45) is 4.37. The molecule has 2 aliphatic rings. The molecule has 0 radical (unpaired) electrons. The SMILES string of the molecule is C.CC1CC(C)C2C1CCCN2C. The van der Waals surface area contributed by atoms with Gasteiger partial charge in [-0.15, -0.1) is 0 Å². The van der Waals surface area contributed by atoms with Gasteiger partial charge in [0.25, 0.3) is 0 Å². The highest BCUT2D eigenvalue weighted by Gasteiger charge is 2.42. The maximum Gasteiger partial charge on any atom is 0.0149 e. The third-order valence-corrected chi connectivity index (χ3v) is 4.05. The van der Waals surface area contributed by atoms with E-state index in [1.165, 1.54) is 25.8 Å². The van der Waals surface area contributed by atoms with E-state index >= 15 is 0 Å². The third-order valence-electron chi connectivity index (χ3n) is 4.05. The molecule has 78 valence electrons. The molecule has 1 aliphatic carbocycles. The Hall–Kier alpha value is -0.0400. The Labute approximate surface area is 83.5 Å². The Balaban J connectivity index is 0.000000845. The molecule has 0 amide bonds. The first-order valence-electron chi connectivity index (χ1n) is 5.40. The highest BCUT2D eigenvalue weighted by molar-refractivity contribution is 4.95. The normalized spacial score (nSPS) is 45.5. The van der Waals surface area contributed by atoms with E-state index in [0.717, 1.165) is 23.8 Å². The highest BCUT2D eigenvalue weighted by Crippen LogP contribution is 2.43. The van der Waals surface area contributed by atoms with Crippen LogP contribution >= 0.6 is 0 Å². The molecule has 1 saturated carbocycles. The summed E-state index contributed by atoms with van der Waals surface area (Å²) in [5.74, 6) is 2.93. The summed E-state index contributed by atoms with van der Waals surface area (Å²) in [4.78, 5) is 2.60. The molecule has 0 aromatic rings. The van der Waals surface area contributed by atoms with Gasteiger partial charge in [0.05, 0.1) is 0 Å². The molecule has 0 aromatic heterocycles. The van der Waals surface area contributed by atoms with Crippen molar-refractivity contribution in [1.29, 1.82) is 0 Å². The predicted molar refractivity (Wildman–Crippen MR) is 58.8 cm³/mol. The van der Waals surface area contributed by atoms with Crippen LogP contribution in [0, 0.1) is 17.8 Å². The van der Waals surface area contributed by atoms with Crippen LogP contribution in [0.25, 0.3) is 0 Å². The molecule has 0 spiro atoms. The van der Waals surface area contributed by atoms with E-state index in [2.05, 4.69) is 25.8 Å². The minimum absolute atomic E-state index is 0. The lowest BCUT2D eigenvalue weighted by atomic mass is 9.86. The molecule has 4 unspecified atom stereocenters. The first kappa shape index (κ1) is 11.0. The summed E-state index contributed by atoms with van der Waals surface area (Å²) >= 11 is 0. The number of piperidine rings is 1. The minimum atomic E-state index is 0. The van der Waals surface area contributed by atoms with Gasteiger partial charge in [-0.25, -0.2) is 0 Å². The lowest BCUT2D eigenvalue weighted by Crippen LogP contribution is -2.43. The Kier molecular flexibility index (Phi) is 3.39. The Morgan fingerprint density at radius 3 is 2.46 bits per heavy atom. The summed E-state index contributed by atoms with van der Waals surface area (Å²) in [6, 6.07) is 0.911. The molecule has 0 aromatic carbocycles. The molecule has 13 heavy (non-hydrogen) atoms. The maximum atomic E-state index is 2.60. The summed E-state index contributed by atoms with van der Waals surface area (Å²) in [5, 5.41) is 0. The van der Waals surface area contributed by atoms with Gasteiger partial charge in [-0.1, -0.05) is 21.3 Å². The standard InChI is InChI=1S/C11H21N.CH4/c1-8-7-9(2)11-10(8)5-4-6-12(11)3;/h8-11H,4-7H2,1-3H3;1H4. The topological polar surface area (TPSA) is 3.24 Å². The fourth-order valence-corrected chi connectivity index (χ4v) is 3.60. The molecule has 2 fully saturated rings. The molecule has 1 heteroatoms. The molecule has 0 bridgehead atoms. The second-order valence-corrected chi connectivity index (χ2v) is 4.97. The summed E-state index contributed by atoms with van der Waals surface area (Å²) in [6.45, 7) is 6.21. The van der Waals surface area contributed by atoms with Crippen molar-refractivity contribution in [2.75, 3.05) is 13.6 Å². The Bertz CT molecular complexity index is 163. The van der Waals surface area contributed by atoms with Crippen LogP contribution in [0.1, 0.15) is 40.5 Å². The van der Waals surface area contributed by atoms with Gasteiger partial charge in [-0.05, 0) is 50.6 Å². The van der Waals surface area contributed by atoms with E-state index in [0.29, 0.717) is 0 Å². The van der Waals surface area contributed by atoms with Crippen molar-refractivity contribution in [3.8, 4) is 0 Å². The first-order chi connectivity index (χ1) is 5.70. The van der Waals surface area contributed by atoms with Crippen LogP contribution in [0.5, 0.6) is 0 Å². The first-order valence-corrected chi connectivity index (χ1v) is 5.40. The van der Waals surface area contributed by atoms with Gasteiger partial charge >= 0.3 is 0 Å². The molecular formula is C12H25N. The van der Waals surface area contributed by atoms with Gasteiger partial charge in [0.1, 0.15) is 0 Å². The quantitative estimate of drug-likeness (QED) is 0.558. The largest absolute Gasteiger partial charge is 0.303 e. The van der Waals surface area contributed by atoms with Crippen LogP contribution in [-0.2, 0) is 0 Å². The van der Waals surface area contributed by atoms with E-state index < -0.39 is 0 Å². The van der Waals surface area contributed by atoms with Gasteiger partial charge in [0.15, 0.2) is 0 Å². The third kappa shape index (κ3) is 1.76. The number of rotatable bonds is 0. The lowest BCUT2D eigenvalue weighted by molar-refractivity contribution is 0.107. The van der Waals surface area contributed by atoms with E-state index in [-0.39, 0.29) is 7.43 Å². The van der Waals surface area contributed by atoms with E-state index in [4.69, 9.17) is 0 Å². The minimum Gasteiger partial charge on any atom is -0.303 e. The monoisotopic (exact) mass is 183 g/mol. The Morgan fingerprint density at radius 2 is 1.85 bits per heavy atom. The van der Waals surface area contributed by atoms with Crippen LogP contribution in [0.2, 0.25) is 0 Å². The summed E-state index contributed by atoms with van der Waals surface area (Å²) < 4.78 is 0. The van der Waals surface area contributed by atoms with Gasteiger partial charge in [-0.2, -0.15) is 0 Å². The second-order valence-electron chi connectivity index (χ2n) is 4.97. The average molecular weight is 183 g/mol. The van der Waals surface area contributed by atoms with Gasteiger partial charge in [0.2, 0.25) is 0 Å². The number of hydrogen-bond donors (Lipinski definition) is 0. The van der Waals surface area contributed by atoms with E-state index in [1.54, 1.807) is 0 Å². The molecule has 1 heterocycles. The maximum absolute atomic E-state index is 2.60. The summed E-state index contributed by atoms with van der Waals surface area (Å²) in [7, 11) is 2.31. The van der Waals surface area contributed by atoms with Crippen LogP contribution < -0.4 is 0 Å². The van der Waals surface area contributed by atoms with Gasteiger partial charge in [0, 0.05) is 6.04 Å². The van der Waals surface area contributed by atoms with Crippen LogP contribution in [0.4, 0.5) is 0 Å². The zero-order chi connectivity index (χ0) is 8.72. The second kappa shape index (κ2) is 4.00. The van der Waals surface area contributed by atoms with Crippen molar-refractivity contribution in [1.82, 2.24) is 4.90 Å². The fraction of sp³-hybridized carbons (Fsp3) is 1.00. The van der Waals surface area contributed by atoms with E-state index in [9.17, 15) is 0 Å². The van der Waals surface area contributed by atoms with Crippen molar-refractivity contribution in [3.05, 3.63) is 0 Å². The number of nitrogens with zero attached hydrogens (tertiary/aromatic N) is 1. The molecule has 1 saturated heterocycles. The average Bonchev–Trinajstić information content (AvgIpc) is 2.29. The molecule has 2 rings (SSSR count). The van der Waals surface area contributed by atoms with Crippen molar-refractivity contribution in [3.63, 3.8) is 0 Å². The fourth-order valence-electron chi connectivity index (χ4n) is 3.60. The van der Waals surface area contributed by atoms with Gasteiger partial charge in [-0.3, -0.25) is 0 Å². The Morgan fingerprint density at radius 1 is 1.15 bits per heavy atom. The van der Waals surface area contributed by atoms with Crippen LogP contribution in [0.3, 0.4) is 0 Å². The van der Waals surface area contributed by atoms with Crippen molar-refractivity contribution in [2.45, 2.75) is 46.6 Å². The molecule has 0 N–H and O–H groups in total. The molecule has 4 atom stereocenters. The molecule has 1 aliphatic heterocycles.